The summed E-state index contributed by atoms with van der Waals surface area (Å²) in [6.07, 6.45) is 0.670. The molecule has 1 fully saturated rings. The van der Waals surface area contributed by atoms with Crippen molar-refractivity contribution in [2.45, 2.75) is 12.5 Å². The third-order valence-electron chi connectivity index (χ3n) is 4.15. The number of hydrogen-bond donors (Lipinski definition) is 2. The first-order valence-electron chi connectivity index (χ1n) is 7.91. The first kappa shape index (κ1) is 14.6. The lowest BCUT2D eigenvalue weighted by atomic mass is 10.2. The van der Waals surface area contributed by atoms with Gasteiger partial charge in [-0.15, -0.1) is 0 Å². The number of piperazine rings is 1. The molecule has 5 heteroatoms. The van der Waals surface area contributed by atoms with E-state index in [0.717, 1.165) is 63.7 Å². The second-order valence-corrected chi connectivity index (χ2v) is 5.82. The summed E-state index contributed by atoms with van der Waals surface area (Å²) in [5, 5.41) is 13.8. The molecule has 3 rings (SSSR count). The highest BCUT2D eigenvalue weighted by molar-refractivity contribution is 5.59. The largest absolute Gasteiger partial charge is 0.491 e. The number of ether oxygens (including phenoxy) is 1. The van der Waals surface area contributed by atoms with Gasteiger partial charge in [-0.1, -0.05) is 12.1 Å². The first-order valence-corrected chi connectivity index (χ1v) is 7.91. The Morgan fingerprint density at radius 3 is 2.81 bits per heavy atom. The van der Waals surface area contributed by atoms with E-state index in [1.54, 1.807) is 0 Å². The van der Waals surface area contributed by atoms with E-state index in [9.17, 15) is 5.11 Å². The summed E-state index contributed by atoms with van der Waals surface area (Å²) in [6.45, 7) is 7.20. The molecule has 0 aromatic heterocycles. The normalized spacial score (nSPS) is 21.3. The van der Waals surface area contributed by atoms with Crippen LogP contribution in [-0.4, -0.2) is 68.5 Å². The number of nitrogens with one attached hydrogen (secondary N) is 1. The van der Waals surface area contributed by atoms with Gasteiger partial charge < -0.3 is 20.1 Å². The molecule has 2 N–H and O–H groups in total. The molecule has 0 bridgehead atoms. The molecule has 1 saturated heterocycles. The van der Waals surface area contributed by atoms with Crippen LogP contribution in [0.2, 0.25) is 0 Å². The van der Waals surface area contributed by atoms with Crippen LogP contribution in [0, 0.1) is 0 Å². The third kappa shape index (κ3) is 3.87. The quantitative estimate of drug-likeness (QED) is 0.848. The average molecular weight is 291 g/mol. The van der Waals surface area contributed by atoms with Gasteiger partial charge in [0.15, 0.2) is 0 Å². The lowest BCUT2D eigenvalue weighted by Crippen LogP contribution is -2.48. The van der Waals surface area contributed by atoms with Gasteiger partial charge in [-0.3, -0.25) is 4.90 Å². The smallest absolute Gasteiger partial charge is 0.142 e. The Bertz CT molecular complexity index is 449. The van der Waals surface area contributed by atoms with E-state index in [4.69, 9.17) is 4.74 Å². The molecule has 2 heterocycles. The van der Waals surface area contributed by atoms with E-state index < -0.39 is 0 Å². The van der Waals surface area contributed by atoms with Crippen LogP contribution in [0.1, 0.15) is 6.42 Å². The van der Waals surface area contributed by atoms with Gasteiger partial charge in [-0.2, -0.15) is 0 Å². The molecule has 1 aromatic carbocycles. The molecular weight excluding hydrogens is 266 g/mol. The van der Waals surface area contributed by atoms with Crippen molar-refractivity contribution in [3.8, 4) is 5.75 Å². The first-order chi connectivity index (χ1) is 10.3. The molecule has 0 spiro atoms. The van der Waals surface area contributed by atoms with E-state index in [-0.39, 0.29) is 6.10 Å². The average Bonchev–Trinajstić information content (AvgIpc) is 2.71. The Hall–Kier alpha value is -1.30. The van der Waals surface area contributed by atoms with Crippen LogP contribution >= 0.6 is 0 Å². The van der Waals surface area contributed by atoms with Gasteiger partial charge in [0.1, 0.15) is 5.75 Å². The summed E-state index contributed by atoms with van der Waals surface area (Å²) in [5.41, 5.74) is 1.11. The Morgan fingerprint density at radius 1 is 1.14 bits per heavy atom. The molecule has 0 radical (unpaired) electrons. The van der Waals surface area contributed by atoms with Crippen molar-refractivity contribution >= 4 is 5.69 Å². The Morgan fingerprint density at radius 2 is 1.95 bits per heavy atom. The fraction of sp³-hybridized carbons (Fsp3) is 0.625. The van der Waals surface area contributed by atoms with Crippen LogP contribution in [0.3, 0.4) is 0 Å². The number of hydrogen-bond acceptors (Lipinski definition) is 5. The number of β-amino-alcohol motifs (C(OH)–C–C–N with tert-alkyl or cyclic N) is 1. The minimum absolute atomic E-state index is 0.325. The molecule has 1 aromatic rings. The molecule has 5 nitrogen and oxygen atoms in total. The summed E-state index contributed by atoms with van der Waals surface area (Å²) >= 11 is 0. The topological polar surface area (TPSA) is 48.0 Å². The number of fused-ring (bicyclic) bond motifs is 1. The highest BCUT2D eigenvalue weighted by atomic mass is 16.5. The van der Waals surface area contributed by atoms with Gasteiger partial charge in [0.25, 0.3) is 0 Å². The van der Waals surface area contributed by atoms with Gasteiger partial charge in [-0.05, 0) is 18.6 Å². The van der Waals surface area contributed by atoms with Crippen LogP contribution < -0.4 is 15.0 Å². The Kier molecular flexibility index (Phi) is 4.95. The van der Waals surface area contributed by atoms with Crippen molar-refractivity contribution in [3.63, 3.8) is 0 Å². The van der Waals surface area contributed by atoms with E-state index in [0.29, 0.717) is 6.54 Å². The zero-order valence-corrected chi connectivity index (χ0v) is 12.5. The number of aliphatic hydroxyl groups excluding tert-OH is 1. The predicted molar refractivity (Wildman–Crippen MR) is 84.1 cm³/mol. The summed E-state index contributed by atoms with van der Waals surface area (Å²) in [5.74, 6) is 0.935. The number of anilines is 1. The molecule has 1 atom stereocenters. The third-order valence-corrected chi connectivity index (χ3v) is 4.15. The summed E-state index contributed by atoms with van der Waals surface area (Å²) in [4.78, 5) is 4.59. The lowest BCUT2D eigenvalue weighted by molar-refractivity contribution is 0.109. The lowest BCUT2D eigenvalue weighted by Gasteiger charge is -2.32. The zero-order valence-electron chi connectivity index (χ0n) is 12.5. The monoisotopic (exact) mass is 291 g/mol. The Labute approximate surface area is 126 Å². The molecule has 1 unspecified atom stereocenters. The minimum atomic E-state index is -0.325. The zero-order chi connectivity index (χ0) is 14.5. The van der Waals surface area contributed by atoms with Gasteiger partial charge >= 0.3 is 0 Å². The van der Waals surface area contributed by atoms with Gasteiger partial charge in [0.05, 0.1) is 18.4 Å². The summed E-state index contributed by atoms with van der Waals surface area (Å²) in [6, 6.07) is 8.12. The molecule has 2 aliphatic rings. The van der Waals surface area contributed by atoms with E-state index in [1.165, 1.54) is 0 Å². The second-order valence-electron chi connectivity index (χ2n) is 5.82. The Balaban J connectivity index is 1.60. The number of nitrogens with zero attached hydrogens (tertiary/aromatic N) is 2. The maximum Gasteiger partial charge on any atom is 0.142 e. The molecule has 21 heavy (non-hydrogen) atoms. The van der Waals surface area contributed by atoms with E-state index in [2.05, 4.69) is 21.2 Å². The SMILES string of the molecule is OC(CN1CCNCC1)CN1CCCOc2ccccc21. The fourth-order valence-corrected chi connectivity index (χ4v) is 3.09. The van der Waals surface area contributed by atoms with Crippen LogP contribution in [-0.2, 0) is 0 Å². The number of para-hydroxylation sites is 2. The van der Waals surface area contributed by atoms with Gasteiger partial charge in [0.2, 0.25) is 0 Å². The molecular formula is C16H25N3O2. The van der Waals surface area contributed by atoms with Crippen molar-refractivity contribution in [2.75, 3.05) is 57.3 Å². The number of rotatable bonds is 4. The molecule has 2 aliphatic heterocycles. The predicted octanol–water partition coefficient (Wildman–Crippen LogP) is 0.542. The second kappa shape index (κ2) is 7.11. The van der Waals surface area contributed by atoms with Crippen LogP contribution in [0.25, 0.3) is 0 Å². The number of benzene rings is 1. The van der Waals surface area contributed by atoms with Crippen molar-refractivity contribution in [3.05, 3.63) is 24.3 Å². The summed E-state index contributed by atoms with van der Waals surface area (Å²) < 4.78 is 5.77. The van der Waals surface area contributed by atoms with Crippen LogP contribution in [0.5, 0.6) is 5.75 Å². The van der Waals surface area contributed by atoms with Crippen molar-refractivity contribution < 1.29 is 9.84 Å². The maximum atomic E-state index is 10.4. The molecule has 116 valence electrons. The van der Waals surface area contributed by atoms with E-state index >= 15 is 0 Å². The molecule has 0 aliphatic carbocycles. The van der Waals surface area contributed by atoms with Crippen molar-refractivity contribution in [2.24, 2.45) is 0 Å². The van der Waals surface area contributed by atoms with Crippen molar-refractivity contribution in [1.82, 2.24) is 10.2 Å². The standard InChI is InChI=1S/C16H25N3O2/c20-14(12-18-9-6-17-7-10-18)13-19-8-3-11-21-16-5-2-1-4-15(16)19/h1-2,4-5,14,17,20H,3,6-13H2. The van der Waals surface area contributed by atoms with Crippen LogP contribution in [0.4, 0.5) is 5.69 Å². The fourth-order valence-electron chi connectivity index (χ4n) is 3.09. The number of aliphatic hydroxyl groups is 1. The van der Waals surface area contributed by atoms with Gasteiger partial charge in [0, 0.05) is 45.8 Å². The molecule has 0 amide bonds. The van der Waals surface area contributed by atoms with Gasteiger partial charge in [-0.25, -0.2) is 0 Å². The maximum absolute atomic E-state index is 10.4. The highest BCUT2D eigenvalue weighted by Crippen LogP contribution is 2.30. The summed E-state index contributed by atoms with van der Waals surface area (Å²) in [7, 11) is 0. The minimum Gasteiger partial charge on any atom is -0.491 e. The van der Waals surface area contributed by atoms with E-state index in [1.807, 2.05) is 18.2 Å². The van der Waals surface area contributed by atoms with Crippen LogP contribution in [0.15, 0.2) is 24.3 Å². The highest BCUT2D eigenvalue weighted by Gasteiger charge is 2.20. The molecule has 0 saturated carbocycles. The van der Waals surface area contributed by atoms with Crippen molar-refractivity contribution in [1.29, 1.82) is 0 Å².